The van der Waals surface area contributed by atoms with Gasteiger partial charge in [0.2, 0.25) is 5.95 Å². The van der Waals surface area contributed by atoms with E-state index in [1.807, 2.05) is 25.1 Å². The van der Waals surface area contributed by atoms with Gasteiger partial charge in [0.1, 0.15) is 5.82 Å². The Morgan fingerprint density at radius 3 is 2.88 bits per heavy atom. The van der Waals surface area contributed by atoms with Gasteiger partial charge < -0.3 is 20.7 Å². The Hall–Kier alpha value is -2.34. The van der Waals surface area contributed by atoms with E-state index < -0.39 is 0 Å². The van der Waals surface area contributed by atoms with Crippen molar-refractivity contribution in [2.75, 3.05) is 36.2 Å². The lowest BCUT2D eigenvalue weighted by Gasteiger charge is -2.26. The molecule has 0 unspecified atom stereocenters. The van der Waals surface area contributed by atoms with E-state index in [9.17, 15) is 0 Å². The maximum atomic E-state index is 6.03. The van der Waals surface area contributed by atoms with E-state index in [2.05, 4.69) is 23.2 Å². The number of hydrogen-bond acceptors (Lipinski definition) is 6. The molecule has 3 rings (SSSR count). The molecule has 1 saturated heterocycles. The number of hydrogen-bond donors (Lipinski definition) is 2. The lowest BCUT2D eigenvalue weighted by molar-refractivity contribution is 0.180. The van der Waals surface area contributed by atoms with Crippen LogP contribution in [0, 0.1) is 6.92 Å². The van der Waals surface area contributed by atoms with Gasteiger partial charge in [0.05, 0.1) is 12.6 Å². The molecule has 0 spiro atoms. The average molecular weight is 355 g/mol. The first-order valence-corrected chi connectivity index (χ1v) is 9.37. The summed E-state index contributed by atoms with van der Waals surface area (Å²) in [5.41, 5.74) is 9.82. The zero-order valence-corrected chi connectivity index (χ0v) is 16.0. The summed E-state index contributed by atoms with van der Waals surface area (Å²) in [6.07, 6.45) is 4.29. The van der Waals surface area contributed by atoms with Gasteiger partial charge in [-0.2, -0.15) is 4.98 Å². The van der Waals surface area contributed by atoms with E-state index >= 15 is 0 Å². The van der Waals surface area contributed by atoms with Crippen molar-refractivity contribution in [2.45, 2.75) is 45.6 Å². The molecule has 1 aromatic carbocycles. The van der Waals surface area contributed by atoms with Crippen LogP contribution >= 0.6 is 0 Å². The first-order valence-electron chi connectivity index (χ1n) is 9.37. The van der Waals surface area contributed by atoms with Crippen molar-refractivity contribution in [2.24, 2.45) is 0 Å². The Labute approximate surface area is 155 Å². The highest BCUT2D eigenvalue weighted by atomic mass is 16.5. The second-order valence-corrected chi connectivity index (χ2v) is 6.93. The minimum Gasteiger partial charge on any atom is -0.398 e. The van der Waals surface area contributed by atoms with Crippen LogP contribution in [-0.4, -0.2) is 36.3 Å². The first kappa shape index (κ1) is 18.5. The molecule has 0 amide bonds. The molecule has 2 aromatic rings. The van der Waals surface area contributed by atoms with E-state index in [0.717, 1.165) is 60.9 Å². The number of rotatable bonds is 7. The maximum absolute atomic E-state index is 6.03. The van der Waals surface area contributed by atoms with Gasteiger partial charge >= 0.3 is 0 Å². The number of aryl methyl sites for hydroxylation is 2. The Balaban J connectivity index is 1.89. The largest absolute Gasteiger partial charge is 0.398 e. The number of nitrogens with two attached hydrogens (primary N) is 1. The highest BCUT2D eigenvalue weighted by molar-refractivity contribution is 5.63. The zero-order chi connectivity index (χ0) is 18.5. The van der Waals surface area contributed by atoms with Gasteiger partial charge in [-0.1, -0.05) is 19.4 Å². The van der Waals surface area contributed by atoms with Crippen LogP contribution < -0.4 is 16.0 Å². The lowest BCUT2D eigenvalue weighted by Crippen LogP contribution is -2.33. The van der Waals surface area contributed by atoms with Crippen LogP contribution in [0.1, 0.15) is 37.4 Å². The number of aromatic nitrogens is 2. The molecule has 1 fully saturated rings. The Morgan fingerprint density at radius 1 is 1.31 bits per heavy atom. The molecule has 0 aliphatic carbocycles. The van der Waals surface area contributed by atoms with Crippen LogP contribution in [0.2, 0.25) is 0 Å². The summed E-state index contributed by atoms with van der Waals surface area (Å²) in [4.78, 5) is 11.8. The molecule has 0 radical (unpaired) electrons. The molecule has 0 bridgehead atoms. The van der Waals surface area contributed by atoms with Gasteiger partial charge in [-0.15, -0.1) is 0 Å². The summed E-state index contributed by atoms with van der Waals surface area (Å²) in [5, 5.41) is 3.32. The van der Waals surface area contributed by atoms with E-state index in [1.54, 1.807) is 7.11 Å². The predicted octanol–water partition coefficient (Wildman–Crippen LogP) is 3.68. The summed E-state index contributed by atoms with van der Waals surface area (Å²) >= 11 is 0. The van der Waals surface area contributed by atoms with Crippen LogP contribution in [0.4, 0.5) is 23.1 Å². The van der Waals surface area contributed by atoms with Gasteiger partial charge in [-0.3, -0.25) is 0 Å². The van der Waals surface area contributed by atoms with Crippen LogP contribution in [0.3, 0.4) is 0 Å². The zero-order valence-electron chi connectivity index (χ0n) is 16.0. The summed E-state index contributed by atoms with van der Waals surface area (Å²) in [6.45, 7) is 5.90. The summed E-state index contributed by atoms with van der Waals surface area (Å²) in [7, 11) is 1.76. The molecule has 1 atom stereocenters. The van der Waals surface area contributed by atoms with Crippen LogP contribution in [0.25, 0.3) is 0 Å². The molecule has 3 N–H and O–H groups in total. The smallest absolute Gasteiger partial charge is 0.229 e. The fourth-order valence-corrected chi connectivity index (χ4v) is 3.42. The minimum atomic E-state index is 0.382. The quantitative estimate of drug-likeness (QED) is 0.738. The van der Waals surface area contributed by atoms with Crippen molar-refractivity contribution in [1.82, 2.24) is 9.97 Å². The number of nitrogens with one attached hydrogen (secondary N) is 1. The molecule has 1 aromatic heterocycles. The van der Waals surface area contributed by atoms with Crippen molar-refractivity contribution >= 4 is 23.1 Å². The molecule has 0 saturated carbocycles. The van der Waals surface area contributed by atoms with Gasteiger partial charge in [-0.05, 0) is 43.9 Å². The van der Waals surface area contributed by atoms with Gasteiger partial charge in [-0.25, -0.2) is 4.98 Å². The number of nitrogens with zero attached hydrogens (tertiary/aromatic N) is 3. The highest BCUT2D eigenvalue weighted by Crippen LogP contribution is 2.27. The maximum Gasteiger partial charge on any atom is 0.229 e. The topological polar surface area (TPSA) is 76.3 Å². The molecule has 2 heterocycles. The monoisotopic (exact) mass is 355 g/mol. The van der Waals surface area contributed by atoms with Crippen molar-refractivity contribution in [3.8, 4) is 0 Å². The van der Waals surface area contributed by atoms with E-state index in [0.29, 0.717) is 12.0 Å². The van der Waals surface area contributed by atoms with Crippen molar-refractivity contribution in [3.05, 3.63) is 35.5 Å². The normalized spacial score (nSPS) is 16.9. The van der Waals surface area contributed by atoms with Gasteiger partial charge in [0.25, 0.3) is 0 Å². The number of benzene rings is 1. The van der Waals surface area contributed by atoms with Gasteiger partial charge in [0.15, 0.2) is 0 Å². The predicted molar refractivity (Wildman–Crippen MR) is 107 cm³/mol. The average Bonchev–Trinajstić information content (AvgIpc) is 3.07. The van der Waals surface area contributed by atoms with E-state index in [1.165, 1.54) is 6.42 Å². The second-order valence-electron chi connectivity index (χ2n) is 6.93. The fourth-order valence-electron chi connectivity index (χ4n) is 3.42. The lowest BCUT2D eigenvalue weighted by atomic mass is 10.2. The summed E-state index contributed by atoms with van der Waals surface area (Å²) < 4.78 is 5.39. The summed E-state index contributed by atoms with van der Waals surface area (Å²) in [5.74, 6) is 1.60. The van der Waals surface area contributed by atoms with Crippen LogP contribution in [-0.2, 0) is 11.2 Å². The Bertz CT molecular complexity index is 749. The van der Waals surface area contributed by atoms with Crippen molar-refractivity contribution < 1.29 is 4.74 Å². The molecule has 6 nitrogen and oxygen atoms in total. The molecular formula is C20H29N5O. The third kappa shape index (κ3) is 4.25. The minimum absolute atomic E-state index is 0.382. The molecule has 1 aliphatic rings. The standard InChI is InChI=1S/C20H29N5O/c1-4-6-15-12-19(25-10-5-7-17(25)13-26-3)24-20(22-15)23-16-9-8-14(2)18(21)11-16/h8-9,11-12,17H,4-7,10,13,21H2,1-3H3,(H,22,23,24)/t17-/m0/s1. The Morgan fingerprint density at radius 2 is 2.15 bits per heavy atom. The van der Waals surface area contributed by atoms with Gasteiger partial charge in [0, 0.05) is 36.8 Å². The fraction of sp³-hybridized carbons (Fsp3) is 0.500. The highest BCUT2D eigenvalue weighted by Gasteiger charge is 2.26. The summed E-state index contributed by atoms with van der Waals surface area (Å²) in [6, 6.07) is 8.43. The molecule has 1 aliphatic heterocycles. The number of nitrogen functional groups attached to an aromatic ring is 1. The third-order valence-corrected chi connectivity index (χ3v) is 4.84. The number of ether oxygens (including phenoxy) is 1. The molecule has 140 valence electrons. The van der Waals surface area contributed by atoms with Crippen molar-refractivity contribution in [1.29, 1.82) is 0 Å². The second kappa shape index (κ2) is 8.36. The molecule has 6 heteroatoms. The van der Waals surface area contributed by atoms with Crippen LogP contribution in [0.5, 0.6) is 0 Å². The molecule has 26 heavy (non-hydrogen) atoms. The number of anilines is 4. The molecular weight excluding hydrogens is 326 g/mol. The van der Waals surface area contributed by atoms with Crippen molar-refractivity contribution in [3.63, 3.8) is 0 Å². The number of methoxy groups -OCH3 is 1. The van der Waals surface area contributed by atoms with E-state index in [-0.39, 0.29) is 0 Å². The first-order chi connectivity index (χ1) is 12.6. The van der Waals surface area contributed by atoms with Crippen LogP contribution in [0.15, 0.2) is 24.3 Å². The SMILES string of the molecule is CCCc1cc(N2CCC[C@H]2COC)nc(Nc2ccc(C)c(N)c2)n1. The Kier molecular flexibility index (Phi) is 5.93. The van der Waals surface area contributed by atoms with E-state index in [4.69, 9.17) is 20.4 Å². The third-order valence-electron chi connectivity index (χ3n) is 4.84.